The lowest BCUT2D eigenvalue weighted by Gasteiger charge is -2.14. The van der Waals surface area contributed by atoms with E-state index in [-0.39, 0.29) is 12.5 Å². The summed E-state index contributed by atoms with van der Waals surface area (Å²) in [6.07, 6.45) is 6.65. The van der Waals surface area contributed by atoms with Gasteiger partial charge in [-0.1, -0.05) is 80.4 Å². The number of hydrogen-bond donors (Lipinski definition) is 2. The molecule has 228 valence electrons. The number of methoxy groups -OCH3 is 1. The van der Waals surface area contributed by atoms with Crippen LogP contribution in [0.15, 0.2) is 66.3 Å². The van der Waals surface area contributed by atoms with Gasteiger partial charge in [0.05, 0.1) is 19.0 Å². The molecule has 0 saturated carbocycles. The number of nitrogens with zero attached hydrogens (tertiary/aromatic N) is 4. The Morgan fingerprint density at radius 3 is 2.14 bits per heavy atom. The van der Waals surface area contributed by atoms with Crippen molar-refractivity contribution in [2.45, 2.75) is 33.1 Å². The van der Waals surface area contributed by atoms with Crippen LogP contribution in [0.4, 0.5) is 4.79 Å². The first kappa shape index (κ1) is 31.9. The summed E-state index contributed by atoms with van der Waals surface area (Å²) in [7, 11) is 3.11. The Balaban J connectivity index is 0.000000223. The van der Waals surface area contributed by atoms with E-state index in [0.717, 1.165) is 64.5 Å². The van der Waals surface area contributed by atoms with Crippen LogP contribution in [-0.4, -0.2) is 65.1 Å². The number of aromatic nitrogens is 2. The molecule has 1 fully saturated rings. The Kier molecular flexibility index (Phi) is 11.4. The molecule has 0 atom stereocenters. The van der Waals surface area contributed by atoms with E-state index in [0.29, 0.717) is 5.15 Å². The number of nitrogens with one attached hydrogen (secondary N) is 2. The number of amides is 2. The second-order valence-electron chi connectivity index (χ2n) is 9.88. The molecule has 2 aliphatic rings. The molecule has 4 heterocycles. The van der Waals surface area contributed by atoms with Crippen LogP contribution in [-0.2, 0) is 14.5 Å². The second kappa shape index (κ2) is 15.4. The van der Waals surface area contributed by atoms with Gasteiger partial charge in [0, 0.05) is 42.8 Å². The highest BCUT2D eigenvalue weighted by molar-refractivity contribution is 7.15. The topological polar surface area (TPSA) is 100 Å². The number of hydroxylamine groups is 3. The molecule has 43 heavy (non-hydrogen) atoms. The van der Waals surface area contributed by atoms with Gasteiger partial charge in [-0.3, -0.25) is 9.20 Å². The minimum absolute atomic E-state index is 0.0344. The van der Waals surface area contributed by atoms with E-state index in [9.17, 15) is 9.59 Å². The Morgan fingerprint density at radius 2 is 1.60 bits per heavy atom. The SMILES string of the molecule is CCC.CN1C=C(c2ccc(-c3ccc(-c4nc5sccn5c4Cl)cc3)cc2)NO1.COC(=O)NCC(=O)N1CCCC1. The van der Waals surface area contributed by atoms with E-state index in [2.05, 4.69) is 82.9 Å². The summed E-state index contributed by atoms with van der Waals surface area (Å²) in [5.41, 5.74) is 9.02. The largest absolute Gasteiger partial charge is 0.453 e. The third-order valence-electron chi connectivity index (χ3n) is 6.53. The number of alkyl carbamates (subject to hydrolysis) is 1. The van der Waals surface area contributed by atoms with E-state index in [1.54, 1.807) is 21.3 Å². The monoisotopic (exact) mass is 624 g/mol. The fraction of sp³-hybridized carbons (Fsp3) is 0.323. The smallest absolute Gasteiger partial charge is 0.407 e. The molecule has 4 aromatic rings. The molecule has 0 aliphatic carbocycles. The summed E-state index contributed by atoms with van der Waals surface area (Å²) < 4.78 is 6.25. The molecule has 1 saturated heterocycles. The van der Waals surface area contributed by atoms with Gasteiger partial charge in [0.2, 0.25) is 5.91 Å². The van der Waals surface area contributed by atoms with Gasteiger partial charge in [0.1, 0.15) is 17.4 Å². The van der Waals surface area contributed by atoms with Gasteiger partial charge in [-0.15, -0.1) is 11.3 Å². The molecule has 0 unspecified atom stereocenters. The average Bonchev–Trinajstić information content (AvgIpc) is 3.84. The van der Waals surface area contributed by atoms with Crippen LogP contribution in [0.3, 0.4) is 0 Å². The standard InChI is InChI=1S/C20H15ClN4OS.C8H14N2O3.C3H8/c1-24-12-17(23-26-24)15-6-2-13(3-7-15)14-4-8-16(9-5-14)18-19(21)25-10-11-27-20(25)22-18;1-13-8(12)9-6-7(11)10-4-2-3-5-10;1-3-2/h2-12,23H,1H3;2-6H2,1H3,(H,9,12);3H2,1-2H3. The first-order chi connectivity index (χ1) is 20.8. The normalized spacial score (nSPS) is 13.8. The zero-order valence-electron chi connectivity index (χ0n) is 24.8. The number of hydrogen-bond acceptors (Lipinski definition) is 8. The number of rotatable bonds is 5. The molecule has 2 amide bonds. The van der Waals surface area contributed by atoms with Gasteiger partial charge in [-0.25, -0.2) is 20.3 Å². The average molecular weight is 625 g/mol. The first-order valence-electron chi connectivity index (χ1n) is 14.1. The quantitative estimate of drug-likeness (QED) is 0.263. The fourth-order valence-electron chi connectivity index (χ4n) is 4.39. The summed E-state index contributed by atoms with van der Waals surface area (Å²) in [4.78, 5) is 34.4. The van der Waals surface area contributed by atoms with Crippen LogP contribution >= 0.6 is 22.9 Å². The van der Waals surface area contributed by atoms with Crippen molar-refractivity contribution >= 4 is 45.6 Å². The molecule has 2 aromatic carbocycles. The fourth-order valence-corrected chi connectivity index (χ4v) is 5.44. The lowest BCUT2D eigenvalue weighted by Crippen LogP contribution is -2.38. The van der Waals surface area contributed by atoms with Crippen molar-refractivity contribution in [2.75, 3.05) is 33.8 Å². The minimum Gasteiger partial charge on any atom is -0.453 e. The Morgan fingerprint density at radius 1 is 1.02 bits per heavy atom. The Hall–Kier alpha value is -4.06. The molecule has 6 rings (SSSR count). The van der Waals surface area contributed by atoms with E-state index in [1.807, 2.05) is 29.2 Å². The maximum absolute atomic E-state index is 11.3. The number of carbonyl (C=O) groups is 2. The number of imidazole rings is 1. The highest BCUT2D eigenvalue weighted by atomic mass is 35.5. The summed E-state index contributed by atoms with van der Waals surface area (Å²) in [6, 6.07) is 16.7. The third kappa shape index (κ3) is 8.28. The molecular weight excluding hydrogens is 588 g/mol. The molecule has 2 N–H and O–H groups in total. The van der Waals surface area contributed by atoms with Crippen molar-refractivity contribution in [3.05, 3.63) is 77.0 Å². The molecule has 0 bridgehead atoms. The number of fused-ring (bicyclic) bond motifs is 1. The molecule has 10 nitrogen and oxygen atoms in total. The van der Waals surface area contributed by atoms with Crippen LogP contribution in [0.1, 0.15) is 38.7 Å². The van der Waals surface area contributed by atoms with Gasteiger partial charge in [0.25, 0.3) is 0 Å². The highest BCUT2D eigenvalue weighted by Crippen LogP contribution is 2.32. The zero-order valence-corrected chi connectivity index (χ0v) is 26.4. The van der Waals surface area contributed by atoms with Crippen molar-refractivity contribution < 1.29 is 19.3 Å². The van der Waals surface area contributed by atoms with Gasteiger partial charge in [-0.2, -0.15) is 4.94 Å². The van der Waals surface area contributed by atoms with Gasteiger partial charge >= 0.3 is 6.09 Å². The van der Waals surface area contributed by atoms with E-state index < -0.39 is 6.09 Å². The summed E-state index contributed by atoms with van der Waals surface area (Å²) in [6.45, 7) is 5.90. The molecule has 0 radical (unpaired) electrons. The van der Waals surface area contributed by atoms with Crippen molar-refractivity contribution in [1.82, 2.24) is 30.1 Å². The summed E-state index contributed by atoms with van der Waals surface area (Å²) >= 11 is 8.04. The highest BCUT2D eigenvalue weighted by Gasteiger charge is 2.18. The number of benzene rings is 2. The lowest BCUT2D eigenvalue weighted by atomic mass is 10.0. The summed E-state index contributed by atoms with van der Waals surface area (Å²) in [5.74, 6) is -0.0390. The van der Waals surface area contributed by atoms with Crippen LogP contribution in [0, 0.1) is 0 Å². The van der Waals surface area contributed by atoms with Crippen molar-refractivity contribution in [1.29, 1.82) is 0 Å². The number of carbonyl (C=O) groups excluding carboxylic acids is 2. The zero-order chi connectivity index (χ0) is 30.8. The third-order valence-corrected chi connectivity index (χ3v) is 7.65. The first-order valence-corrected chi connectivity index (χ1v) is 15.4. The van der Waals surface area contributed by atoms with Crippen molar-refractivity contribution in [2.24, 2.45) is 0 Å². The van der Waals surface area contributed by atoms with Gasteiger partial charge in [0.15, 0.2) is 4.96 Å². The van der Waals surface area contributed by atoms with Gasteiger partial charge in [-0.05, 0) is 24.0 Å². The van der Waals surface area contributed by atoms with Crippen LogP contribution < -0.4 is 10.8 Å². The van der Waals surface area contributed by atoms with Crippen molar-refractivity contribution in [3.63, 3.8) is 0 Å². The van der Waals surface area contributed by atoms with E-state index in [4.69, 9.17) is 16.5 Å². The maximum Gasteiger partial charge on any atom is 0.407 e. The van der Waals surface area contributed by atoms with E-state index in [1.165, 1.54) is 13.5 Å². The molecule has 2 aromatic heterocycles. The second-order valence-corrected chi connectivity index (χ2v) is 11.1. The van der Waals surface area contributed by atoms with E-state index >= 15 is 0 Å². The minimum atomic E-state index is -0.562. The predicted octanol–water partition coefficient (Wildman–Crippen LogP) is 6.44. The van der Waals surface area contributed by atoms with Crippen LogP contribution in [0.5, 0.6) is 0 Å². The van der Waals surface area contributed by atoms with Crippen LogP contribution in [0.25, 0.3) is 33.0 Å². The molecule has 2 aliphatic heterocycles. The number of ether oxygens (including phenoxy) is 1. The van der Waals surface area contributed by atoms with Crippen LogP contribution in [0.2, 0.25) is 5.15 Å². The molecule has 0 spiro atoms. The predicted molar refractivity (Wildman–Crippen MR) is 171 cm³/mol. The maximum atomic E-state index is 11.3. The molecule has 12 heteroatoms. The Bertz CT molecular complexity index is 1530. The number of thiazole rings is 1. The number of halogens is 1. The van der Waals surface area contributed by atoms with Crippen molar-refractivity contribution in [3.8, 4) is 22.4 Å². The number of likely N-dealkylation sites (tertiary alicyclic amines) is 1. The Labute approximate surface area is 260 Å². The summed E-state index contributed by atoms with van der Waals surface area (Å²) in [5, 5.41) is 6.61. The molecular formula is C31H37ClN6O4S. The lowest BCUT2D eigenvalue weighted by molar-refractivity contribution is -0.129. The van der Waals surface area contributed by atoms with Gasteiger partial charge < -0.3 is 15.0 Å².